The summed E-state index contributed by atoms with van der Waals surface area (Å²) in [6.07, 6.45) is 0.577. The Morgan fingerprint density at radius 2 is 2.00 bits per heavy atom. The number of benzene rings is 2. The van der Waals surface area contributed by atoms with E-state index >= 15 is 0 Å². The first-order valence-corrected chi connectivity index (χ1v) is 8.37. The normalized spacial score (nSPS) is 19.6. The Balaban J connectivity index is 1.60. The summed E-state index contributed by atoms with van der Waals surface area (Å²) in [4.78, 5) is 12.4. The van der Waals surface area contributed by atoms with Crippen molar-refractivity contribution in [1.82, 2.24) is 10.9 Å². The van der Waals surface area contributed by atoms with E-state index in [0.717, 1.165) is 16.9 Å². The predicted molar refractivity (Wildman–Crippen MR) is 94.8 cm³/mol. The zero-order valence-electron chi connectivity index (χ0n) is 14.3. The summed E-state index contributed by atoms with van der Waals surface area (Å²) in [6.45, 7) is 4.37. The first kappa shape index (κ1) is 17.4. The molecule has 1 amide bonds. The highest BCUT2D eigenvalue weighted by molar-refractivity contribution is 5.95. The molecule has 1 aliphatic rings. The number of hydrogen-bond donors (Lipinski definition) is 3. The molecule has 3 rings (SSSR count). The lowest BCUT2D eigenvalue weighted by atomic mass is 10.0. The number of hydrogen-bond acceptors (Lipinski definition) is 4. The summed E-state index contributed by atoms with van der Waals surface area (Å²) in [5, 5.41) is 2.64. The van der Waals surface area contributed by atoms with Crippen LogP contribution in [0.4, 0.5) is 10.1 Å². The number of carbonyl (C=O) groups is 1. The maximum Gasteiger partial charge on any atom is 0.243 e. The number of carbonyl (C=O) groups excluding carboxylic acids is 1. The van der Waals surface area contributed by atoms with Crippen LogP contribution in [-0.2, 0) is 4.79 Å². The number of nitrogens with one attached hydrogen (secondary N) is 3. The van der Waals surface area contributed by atoms with E-state index in [4.69, 9.17) is 4.74 Å². The van der Waals surface area contributed by atoms with E-state index in [9.17, 15) is 9.18 Å². The molecule has 2 unspecified atom stereocenters. The smallest absolute Gasteiger partial charge is 0.243 e. The molecule has 0 saturated carbocycles. The second kappa shape index (κ2) is 7.63. The van der Waals surface area contributed by atoms with Crippen molar-refractivity contribution in [3.8, 4) is 5.75 Å². The highest BCUT2D eigenvalue weighted by atomic mass is 19.1. The van der Waals surface area contributed by atoms with Gasteiger partial charge in [0, 0.05) is 6.04 Å². The number of aryl methyl sites for hydroxylation is 1. The minimum Gasteiger partial charge on any atom is -0.494 e. The van der Waals surface area contributed by atoms with Crippen LogP contribution < -0.4 is 20.9 Å². The summed E-state index contributed by atoms with van der Waals surface area (Å²) in [5.74, 6) is 0.132. The molecule has 1 aliphatic heterocycles. The van der Waals surface area contributed by atoms with Crippen LogP contribution in [0.15, 0.2) is 42.5 Å². The van der Waals surface area contributed by atoms with Gasteiger partial charge in [-0.2, -0.15) is 0 Å². The number of halogens is 1. The number of anilines is 1. The third-order valence-corrected chi connectivity index (χ3v) is 4.20. The van der Waals surface area contributed by atoms with E-state index in [1.165, 1.54) is 6.07 Å². The maximum atomic E-state index is 13.9. The molecule has 0 radical (unpaired) electrons. The lowest BCUT2D eigenvalue weighted by Crippen LogP contribution is -2.39. The molecule has 1 fully saturated rings. The average Bonchev–Trinajstić information content (AvgIpc) is 3.08. The quantitative estimate of drug-likeness (QED) is 0.781. The second-order valence-electron chi connectivity index (χ2n) is 6.10. The van der Waals surface area contributed by atoms with E-state index < -0.39 is 11.9 Å². The van der Waals surface area contributed by atoms with Crippen LogP contribution in [0.3, 0.4) is 0 Å². The van der Waals surface area contributed by atoms with Crippen molar-refractivity contribution >= 4 is 11.6 Å². The van der Waals surface area contributed by atoms with Gasteiger partial charge in [-0.05, 0) is 55.7 Å². The highest BCUT2D eigenvalue weighted by Gasteiger charge is 2.30. The van der Waals surface area contributed by atoms with Gasteiger partial charge in [-0.1, -0.05) is 18.2 Å². The average molecular weight is 343 g/mol. The van der Waals surface area contributed by atoms with E-state index in [-0.39, 0.29) is 17.6 Å². The van der Waals surface area contributed by atoms with Gasteiger partial charge in [-0.25, -0.2) is 15.2 Å². The third-order valence-electron chi connectivity index (χ3n) is 4.20. The minimum absolute atomic E-state index is 0.00860. The van der Waals surface area contributed by atoms with Crippen molar-refractivity contribution in [1.29, 1.82) is 0 Å². The number of amides is 1. The molecular weight excluding hydrogens is 321 g/mol. The van der Waals surface area contributed by atoms with Gasteiger partial charge in [0.25, 0.3) is 0 Å². The molecule has 132 valence electrons. The van der Waals surface area contributed by atoms with E-state index in [0.29, 0.717) is 13.0 Å². The summed E-state index contributed by atoms with van der Waals surface area (Å²) in [7, 11) is 0. The largest absolute Gasteiger partial charge is 0.494 e. The predicted octanol–water partition coefficient (Wildman–Crippen LogP) is 3.08. The fraction of sp³-hybridized carbons (Fsp3) is 0.316. The maximum absolute atomic E-state index is 13.9. The molecule has 6 heteroatoms. The lowest BCUT2D eigenvalue weighted by Gasteiger charge is -2.12. The van der Waals surface area contributed by atoms with E-state index in [2.05, 4.69) is 16.2 Å². The Labute approximate surface area is 146 Å². The topological polar surface area (TPSA) is 62.4 Å². The monoisotopic (exact) mass is 343 g/mol. The highest BCUT2D eigenvalue weighted by Crippen LogP contribution is 2.25. The van der Waals surface area contributed by atoms with Gasteiger partial charge in [-0.15, -0.1) is 0 Å². The first-order chi connectivity index (χ1) is 12.1. The number of rotatable bonds is 5. The zero-order chi connectivity index (χ0) is 17.8. The molecule has 0 bridgehead atoms. The third kappa shape index (κ3) is 4.15. The van der Waals surface area contributed by atoms with Crippen LogP contribution in [-0.4, -0.2) is 18.6 Å². The van der Waals surface area contributed by atoms with E-state index in [1.54, 1.807) is 19.1 Å². The van der Waals surface area contributed by atoms with Crippen molar-refractivity contribution < 1.29 is 13.9 Å². The molecule has 3 N–H and O–H groups in total. The summed E-state index contributed by atoms with van der Waals surface area (Å²) < 4.78 is 19.3. The van der Waals surface area contributed by atoms with Crippen LogP contribution >= 0.6 is 0 Å². The molecule has 0 aliphatic carbocycles. The van der Waals surface area contributed by atoms with Gasteiger partial charge < -0.3 is 10.1 Å². The van der Waals surface area contributed by atoms with Gasteiger partial charge >= 0.3 is 0 Å². The molecular formula is C19H22FN3O2. The van der Waals surface area contributed by atoms with Gasteiger partial charge in [0.2, 0.25) is 5.91 Å². The van der Waals surface area contributed by atoms with Gasteiger partial charge in [0.15, 0.2) is 0 Å². The summed E-state index contributed by atoms with van der Waals surface area (Å²) >= 11 is 0. The van der Waals surface area contributed by atoms with Crippen molar-refractivity contribution in [3.05, 3.63) is 59.4 Å². The second-order valence-corrected chi connectivity index (χ2v) is 6.10. The van der Waals surface area contributed by atoms with Gasteiger partial charge in [0.05, 0.1) is 12.3 Å². The van der Waals surface area contributed by atoms with E-state index in [1.807, 2.05) is 31.2 Å². The van der Waals surface area contributed by atoms with Crippen molar-refractivity contribution in [2.75, 3.05) is 11.9 Å². The molecule has 0 spiro atoms. The molecule has 1 saturated heterocycles. The van der Waals surface area contributed by atoms with Crippen molar-refractivity contribution in [3.63, 3.8) is 0 Å². The van der Waals surface area contributed by atoms with Gasteiger partial charge in [0.1, 0.15) is 17.6 Å². The van der Waals surface area contributed by atoms with Crippen molar-refractivity contribution in [2.24, 2.45) is 0 Å². The Bertz CT molecular complexity index is 749. The summed E-state index contributed by atoms with van der Waals surface area (Å²) in [5.41, 5.74) is 8.17. The fourth-order valence-electron chi connectivity index (χ4n) is 2.85. The zero-order valence-corrected chi connectivity index (χ0v) is 14.3. The summed E-state index contributed by atoms with van der Waals surface area (Å²) in [6, 6.07) is 12.1. The number of hydrazine groups is 1. The molecule has 0 aromatic heterocycles. The first-order valence-electron chi connectivity index (χ1n) is 8.37. The SMILES string of the molecule is CCOc1ccc(C2CC(C(=O)Nc3ccc(C)cc3F)NN2)cc1. The van der Waals surface area contributed by atoms with Crippen LogP contribution in [0, 0.1) is 12.7 Å². The van der Waals surface area contributed by atoms with Crippen molar-refractivity contribution in [2.45, 2.75) is 32.4 Å². The van der Waals surface area contributed by atoms with Crippen LogP contribution in [0.1, 0.15) is 30.5 Å². The Morgan fingerprint density at radius 1 is 1.24 bits per heavy atom. The Morgan fingerprint density at radius 3 is 2.68 bits per heavy atom. The number of ether oxygens (including phenoxy) is 1. The van der Waals surface area contributed by atoms with Crippen LogP contribution in [0.5, 0.6) is 5.75 Å². The molecule has 2 aromatic rings. The minimum atomic E-state index is -0.433. The lowest BCUT2D eigenvalue weighted by molar-refractivity contribution is -0.117. The molecule has 2 aromatic carbocycles. The van der Waals surface area contributed by atoms with Crippen LogP contribution in [0.25, 0.3) is 0 Å². The van der Waals surface area contributed by atoms with Gasteiger partial charge in [-0.3, -0.25) is 4.79 Å². The standard InChI is InChI=1S/C19H22FN3O2/c1-3-25-14-7-5-13(6-8-14)17-11-18(23-22-17)19(24)21-16-9-4-12(2)10-15(16)20/h4-10,17-18,22-23H,3,11H2,1-2H3,(H,21,24). The fourth-order valence-corrected chi connectivity index (χ4v) is 2.85. The molecule has 1 heterocycles. The molecule has 25 heavy (non-hydrogen) atoms. The molecule has 2 atom stereocenters. The Hall–Kier alpha value is -2.44. The molecule has 5 nitrogen and oxygen atoms in total. The Kier molecular flexibility index (Phi) is 5.31. The van der Waals surface area contributed by atoms with Crippen LogP contribution in [0.2, 0.25) is 0 Å².